The van der Waals surface area contributed by atoms with E-state index in [-0.39, 0.29) is 5.91 Å². The summed E-state index contributed by atoms with van der Waals surface area (Å²) in [7, 11) is 0. The fourth-order valence-electron chi connectivity index (χ4n) is 2.89. The predicted octanol–water partition coefficient (Wildman–Crippen LogP) is 1.89. The molecule has 0 atom stereocenters. The van der Waals surface area contributed by atoms with E-state index in [1.165, 1.54) is 24.6 Å². The molecule has 0 aliphatic heterocycles. The Hall–Kier alpha value is -1.11. The number of hydrogen-bond acceptors (Lipinski definition) is 5. The number of carbonyl (C=O) groups is 1. The van der Waals surface area contributed by atoms with Gasteiger partial charge in [-0.1, -0.05) is 24.6 Å². The van der Waals surface area contributed by atoms with Crippen LogP contribution in [0.2, 0.25) is 0 Å². The lowest BCUT2D eigenvalue weighted by atomic mass is 10.3. The first kappa shape index (κ1) is 13.9. The van der Waals surface area contributed by atoms with Crippen LogP contribution in [0.25, 0.3) is 0 Å². The highest BCUT2D eigenvalue weighted by molar-refractivity contribution is 7.99. The van der Waals surface area contributed by atoms with E-state index in [4.69, 9.17) is 0 Å². The number of thioether (sulfide) groups is 1. The van der Waals surface area contributed by atoms with Crippen LogP contribution in [0, 0.1) is 0 Å². The van der Waals surface area contributed by atoms with Gasteiger partial charge in [0.25, 0.3) is 0 Å². The Morgan fingerprint density at radius 2 is 2.10 bits per heavy atom. The van der Waals surface area contributed by atoms with E-state index in [1.807, 2.05) is 16.5 Å². The van der Waals surface area contributed by atoms with Crippen molar-refractivity contribution in [1.29, 1.82) is 0 Å². The molecule has 0 spiro atoms. The second-order valence-electron chi connectivity index (χ2n) is 5.54. The van der Waals surface area contributed by atoms with E-state index in [0.29, 0.717) is 17.8 Å². The molecular formula is C13H21N5OS. The molecule has 20 heavy (non-hydrogen) atoms. The van der Waals surface area contributed by atoms with Crippen molar-refractivity contribution in [1.82, 2.24) is 25.1 Å². The van der Waals surface area contributed by atoms with Crippen LogP contribution in [-0.4, -0.2) is 49.4 Å². The van der Waals surface area contributed by atoms with E-state index in [1.54, 1.807) is 0 Å². The van der Waals surface area contributed by atoms with Crippen molar-refractivity contribution in [2.75, 3.05) is 12.3 Å². The lowest BCUT2D eigenvalue weighted by molar-refractivity contribution is -0.128. The van der Waals surface area contributed by atoms with Gasteiger partial charge < -0.3 is 4.90 Å². The number of amides is 1. The zero-order valence-electron chi connectivity index (χ0n) is 11.9. The maximum absolute atomic E-state index is 12.2. The van der Waals surface area contributed by atoms with Gasteiger partial charge in [-0.05, 0) is 43.0 Å². The molecule has 2 fully saturated rings. The number of hydrogen-bond donors (Lipinski definition) is 0. The summed E-state index contributed by atoms with van der Waals surface area (Å²) in [6.45, 7) is 2.85. The molecule has 1 amide bonds. The predicted molar refractivity (Wildman–Crippen MR) is 76.5 cm³/mol. The van der Waals surface area contributed by atoms with Crippen molar-refractivity contribution in [2.45, 2.75) is 62.7 Å². The van der Waals surface area contributed by atoms with Crippen LogP contribution in [0.3, 0.4) is 0 Å². The van der Waals surface area contributed by atoms with Crippen LogP contribution in [-0.2, 0) is 4.79 Å². The number of carbonyl (C=O) groups excluding carboxylic acids is 1. The van der Waals surface area contributed by atoms with E-state index in [0.717, 1.165) is 37.4 Å². The van der Waals surface area contributed by atoms with Gasteiger partial charge in [0.15, 0.2) is 0 Å². The largest absolute Gasteiger partial charge is 0.339 e. The molecule has 0 radical (unpaired) electrons. The Morgan fingerprint density at radius 1 is 1.35 bits per heavy atom. The van der Waals surface area contributed by atoms with E-state index < -0.39 is 0 Å². The highest BCUT2D eigenvalue weighted by Crippen LogP contribution is 2.32. The second kappa shape index (κ2) is 6.11. The van der Waals surface area contributed by atoms with Crippen LogP contribution in [0.15, 0.2) is 5.16 Å². The summed E-state index contributed by atoms with van der Waals surface area (Å²) in [5.41, 5.74) is 0. The van der Waals surface area contributed by atoms with Gasteiger partial charge in [0.05, 0.1) is 11.8 Å². The van der Waals surface area contributed by atoms with Crippen molar-refractivity contribution in [3.05, 3.63) is 0 Å². The normalized spacial score (nSPS) is 19.4. The van der Waals surface area contributed by atoms with Crippen LogP contribution >= 0.6 is 11.8 Å². The lowest BCUT2D eigenvalue weighted by Crippen LogP contribution is -2.34. The quantitative estimate of drug-likeness (QED) is 0.750. The molecule has 110 valence electrons. The highest BCUT2D eigenvalue weighted by atomic mass is 32.2. The maximum atomic E-state index is 12.2. The van der Waals surface area contributed by atoms with Crippen LogP contribution in [0.4, 0.5) is 0 Å². The van der Waals surface area contributed by atoms with Gasteiger partial charge in [0.2, 0.25) is 11.1 Å². The Morgan fingerprint density at radius 3 is 2.75 bits per heavy atom. The van der Waals surface area contributed by atoms with Crippen LogP contribution in [0.1, 0.15) is 51.5 Å². The molecule has 0 bridgehead atoms. The summed E-state index contributed by atoms with van der Waals surface area (Å²) in [5.74, 6) is 0.651. The SMILES string of the molecule is CCN(C(=O)CSc1nnnn1C1CCCC1)C1CC1. The van der Waals surface area contributed by atoms with Crippen molar-refractivity contribution in [3.63, 3.8) is 0 Å². The standard InChI is InChI=1S/C13H21N5OS/c1-2-17(10-7-8-10)12(19)9-20-13-14-15-16-18(13)11-5-3-4-6-11/h10-11H,2-9H2,1H3. The van der Waals surface area contributed by atoms with Gasteiger partial charge in [-0.25, -0.2) is 4.68 Å². The third-order valence-corrected chi connectivity index (χ3v) is 5.02. The molecule has 0 aromatic carbocycles. The monoisotopic (exact) mass is 295 g/mol. The van der Waals surface area contributed by atoms with Gasteiger partial charge in [0.1, 0.15) is 0 Å². The average molecular weight is 295 g/mol. The number of aromatic nitrogens is 4. The molecule has 1 aromatic rings. The van der Waals surface area contributed by atoms with Crippen molar-refractivity contribution in [3.8, 4) is 0 Å². The van der Waals surface area contributed by atoms with E-state index >= 15 is 0 Å². The zero-order valence-corrected chi connectivity index (χ0v) is 12.7. The molecule has 2 aliphatic rings. The fraction of sp³-hybridized carbons (Fsp3) is 0.846. The lowest BCUT2D eigenvalue weighted by Gasteiger charge is -2.20. The van der Waals surface area contributed by atoms with Gasteiger partial charge in [0, 0.05) is 12.6 Å². The molecule has 0 N–H and O–H groups in total. The van der Waals surface area contributed by atoms with E-state index in [9.17, 15) is 4.79 Å². The summed E-state index contributed by atoms with van der Waals surface area (Å²) < 4.78 is 1.92. The van der Waals surface area contributed by atoms with Crippen molar-refractivity contribution < 1.29 is 4.79 Å². The molecule has 7 heteroatoms. The summed E-state index contributed by atoms with van der Waals surface area (Å²) in [5, 5.41) is 12.7. The third-order valence-electron chi connectivity index (χ3n) is 4.11. The second-order valence-corrected chi connectivity index (χ2v) is 6.49. The maximum Gasteiger partial charge on any atom is 0.233 e. The molecule has 0 saturated heterocycles. The first-order chi connectivity index (χ1) is 9.79. The minimum atomic E-state index is 0.209. The highest BCUT2D eigenvalue weighted by Gasteiger charge is 2.31. The molecule has 1 aromatic heterocycles. The average Bonchev–Trinajstić information content (AvgIpc) is 2.96. The van der Waals surface area contributed by atoms with Gasteiger partial charge in [-0.15, -0.1) is 5.10 Å². The fourth-order valence-corrected chi connectivity index (χ4v) is 3.72. The third kappa shape index (κ3) is 2.97. The molecule has 2 saturated carbocycles. The first-order valence-corrected chi connectivity index (χ1v) is 8.48. The molecular weight excluding hydrogens is 274 g/mol. The summed E-state index contributed by atoms with van der Waals surface area (Å²) in [6.07, 6.45) is 7.11. The smallest absolute Gasteiger partial charge is 0.233 e. The zero-order chi connectivity index (χ0) is 13.9. The molecule has 3 rings (SSSR count). The number of nitrogens with zero attached hydrogens (tertiary/aromatic N) is 5. The van der Waals surface area contributed by atoms with Crippen LogP contribution in [0.5, 0.6) is 0 Å². The Balaban J connectivity index is 1.58. The number of rotatable bonds is 6. The minimum absolute atomic E-state index is 0.209. The topological polar surface area (TPSA) is 63.9 Å². The van der Waals surface area contributed by atoms with Gasteiger partial charge in [-0.3, -0.25) is 4.79 Å². The summed E-state index contributed by atoms with van der Waals surface area (Å²) in [4.78, 5) is 14.2. The van der Waals surface area contributed by atoms with Gasteiger partial charge in [-0.2, -0.15) is 0 Å². The molecule has 0 unspecified atom stereocenters. The molecule has 6 nitrogen and oxygen atoms in total. The molecule has 2 aliphatic carbocycles. The number of tetrazole rings is 1. The van der Waals surface area contributed by atoms with E-state index in [2.05, 4.69) is 15.5 Å². The van der Waals surface area contributed by atoms with Gasteiger partial charge >= 0.3 is 0 Å². The van der Waals surface area contributed by atoms with Crippen LogP contribution < -0.4 is 0 Å². The first-order valence-electron chi connectivity index (χ1n) is 7.49. The Labute approximate surface area is 123 Å². The minimum Gasteiger partial charge on any atom is -0.339 e. The summed E-state index contributed by atoms with van der Waals surface area (Å²) in [6, 6.07) is 0.909. The Bertz CT molecular complexity index is 467. The van der Waals surface area contributed by atoms with Crippen molar-refractivity contribution >= 4 is 17.7 Å². The Kier molecular flexibility index (Phi) is 4.24. The van der Waals surface area contributed by atoms with Crippen molar-refractivity contribution in [2.24, 2.45) is 0 Å². The summed E-state index contributed by atoms with van der Waals surface area (Å²) >= 11 is 1.47. The molecule has 1 heterocycles.